The van der Waals surface area contributed by atoms with Gasteiger partial charge in [0.15, 0.2) is 0 Å². The van der Waals surface area contributed by atoms with E-state index in [1.807, 2.05) is 35.2 Å². The number of hydrogen-bond acceptors (Lipinski definition) is 6. The Hall–Kier alpha value is -4.60. The molecule has 0 radical (unpaired) electrons. The van der Waals surface area contributed by atoms with Crippen molar-refractivity contribution in [1.29, 1.82) is 0 Å². The van der Waals surface area contributed by atoms with Gasteiger partial charge in [-0.05, 0) is 71.3 Å². The molecule has 1 fully saturated rings. The summed E-state index contributed by atoms with van der Waals surface area (Å²) in [5, 5.41) is 1.05. The van der Waals surface area contributed by atoms with Crippen molar-refractivity contribution in [2.24, 2.45) is 0 Å². The number of hydrogen-bond donors (Lipinski definition) is 0. The molecular formula is C40H37Cl3FN3O4. The second-order valence-corrected chi connectivity index (χ2v) is 12.6. The lowest BCUT2D eigenvalue weighted by Gasteiger charge is -2.34. The number of pyridine rings is 1. The molecule has 2 heterocycles. The average Bonchev–Trinajstić information content (AvgIpc) is 3.14. The van der Waals surface area contributed by atoms with Gasteiger partial charge in [-0.15, -0.1) is 12.4 Å². The van der Waals surface area contributed by atoms with Gasteiger partial charge < -0.3 is 19.1 Å². The molecule has 1 aliphatic rings. The summed E-state index contributed by atoms with van der Waals surface area (Å²) in [6.07, 6.45) is 5.70. The topological polar surface area (TPSA) is 64.1 Å². The van der Waals surface area contributed by atoms with E-state index in [0.29, 0.717) is 59.5 Å². The van der Waals surface area contributed by atoms with Crippen LogP contribution in [0.5, 0.6) is 23.1 Å². The zero-order valence-corrected chi connectivity index (χ0v) is 30.0. The van der Waals surface area contributed by atoms with Gasteiger partial charge >= 0.3 is 0 Å². The maximum absolute atomic E-state index is 13.1. The summed E-state index contributed by atoms with van der Waals surface area (Å²) in [5.41, 5.74) is 4.08. The fourth-order valence-electron chi connectivity index (χ4n) is 5.39. The first-order chi connectivity index (χ1) is 24.4. The molecule has 4 aromatic carbocycles. The van der Waals surface area contributed by atoms with E-state index in [9.17, 15) is 9.18 Å². The van der Waals surface area contributed by atoms with Crippen molar-refractivity contribution in [3.05, 3.63) is 154 Å². The van der Waals surface area contributed by atoms with Crippen LogP contribution in [0.2, 0.25) is 10.0 Å². The number of benzene rings is 4. The highest BCUT2D eigenvalue weighted by Crippen LogP contribution is 2.30. The van der Waals surface area contributed by atoms with Crippen LogP contribution in [0.3, 0.4) is 0 Å². The number of carbonyl (C=O) groups is 1. The van der Waals surface area contributed by atoms with E-state index in [1.54, 1.807) is 54.7 Å². The molecule has 0 bridgehead atoms. The average molecular weight is 749 g/mol. The molecule has 11 heteroatoms. The maximum Gasteiger partial charge on any atom is 0.246 e. The molecular weight excluding hydrogens is 712 g/mol. The van der Waals surface area contributed by atoms with Gasteiger partial charge in [0.2, 0.25) is 11.8 Å². The summed E-state index contributed by atoms with van der Waals surface area (Å²) in [7, 11) is 0. The van der Waals surface area contributed by atoms with Crippen LogP contribution in [0.15, 0.2) is 115 Å². The standard InChI is InChI=1S/C40H36Cl2FN3O4.ClH/c41-36-4-2-1-3-32(36)28-49-35-15-17-39(44-26-35)50-38-16-9-30(25-37(38)42)10-18-40(47)46-22-20-45(21-23-46)27-31-7-5-29(6-8-31)19-24-48-34-13-11-33(43)12-14-34;/h1-18,25-26H,19-24,27-28H2;1H. The zero-order chi connectivity index (χ0) is 34.7. The first-order valence-electron chi connectivity index (χ1n) is 16.3. The van der Waals surface area contributed by atoms with Crippen LogP contribution < -0.4 is 14.2 Å². The lowest BCUT2D eigenvalue weighted by molar-refractivity contribution is -0.127. The molecule has 5 aromatic rings. The quantitative estimate of drug-likeness (QED) is 0.112. The number of ether oxygens (including phenoxy) is 3. The van der Waals surface area contributed by atoms with E-state index < -0.39 is 0 Å². The lowest BCUT2D eigenvalue weighted by atomic mass is 10.1. The van der Waals surface area contributed by atoms with Crippen molar-refractivity contribution in [2.45, 2.75) is 19.6 Å². The van der Waals surface area contributed by atoms with E-state index >= 15 is 0 Å². The molecule has 51 heavy (non-hydrogen) atoms. The first-order valence-corrected chi connectivity index (χ1v) is 17.1. The number of carbonyl (C=O) groups excluding carboxylic acids is 1. The maximum atomic E-state index is 13.1. The molecule has 7 nitrogen and oxygen atoms in total. The molecule has 0 unspecified atom stereocenters. The molecule has 0 saturated carbocycles. The van der Waals surface area contributed by atoms with E-state index in [-0.39, 0.29) is 24.1 Å². The van der Waals surface area contributed by atoms with Crippen LogP contribution in [0.4, 0.5) is 4.39 Å². The Kier molecular flexibility index (Phi) is 13.7. The number of amides is 1. The smallest absolute Gasteiger partial charge is 0.246 e. The van der Waals surface area contributed by atoms with Gasteiger partial charge in [0.05, 0.1) is 17.8 Å². The van der Waals surface area contributed by atoms with Crippen LogP contribution in [0, 0.1) is 5.82 Å². The fraction of sp³-hybridized carbons (Fsp3) is 0.200. The Balaban J connectivity index is 0.00000504. The molecule has 1 amide bonds. The molecule has 1 aliphatic heterocycles. The summed E-state index contributed by atoms with van der Waals surface area (Å²) < 4.78 is 30.4. The van der Waals surface area contributed by atoms with Gasteiger partial charge in [0.1, 0.15) is 29.7 Å². The van der Waals surface area contributed by atoms with Crippen molar-refractivity contribution >= 4 is 47.6 Å². The molecule has 1 saturated heterocycles. The Morgan fingerprint density at radius 2 is 1.53 bits per heavy atom. The van der Waals surface area contributed by atoms with Gasteiger partial charge in [0.25, 0.3) is 0 Å². The predicted octanol–water partition coefficient (Wildman–Crippen LogP) is 9.30. The van der Waals surface area contributed by atoms with Gasteiger partial charge in [-0.25, -0.2) is 9.37 Å². The minimum Gasteiger partial charge on any atom is -0.493 e. The molecule has 0 spiro atoms. The molecule has 0 N–H and O–H groups in total. The monoisotopic (exact) mass is 747 g/mol. The second-order valence-electron chi connectivity index (χ2n) is 11.8. The highest BCUT2D eigenvalue weighted by molar-refractivity contribution is 6.32. The van der Waals surface area contributed by atoms with E-state index in [0.717, 1.165) is 37.2 Å². The normalized spacial score (nSPS) is 13.1. The van der Waals surface area contributed by atoms with Gasteiger partial charge in [-0.3, -0.25) is 9.69 Å². The molecule has 6 rings (SSSR count). The highest BCUT2D eigenvalue weighted by atomic mass is 35.5. The number of nitrogens with zero attached hydrogens (tertiary/aromatic N) is 3. The minimum absolute atomic E-state index is 0. The SMILES string of the molecule is Cl.O=C(C=Cc1ccc(Oc2ccc(OCc3ccccc3Cl)cn2)c(Cl)c1)N1CCN(Cc2ccc(CCOc3ccc(F)cc3)cc2)CC1. The van der Waals surface area contributed by atoms with E-state index in [1.165, 1.54) is 23.3 Å². The lowest BCUT2D eigenvalue weighted by Crippen LogP contribution is -2.47. The third-order valence-corrected chi connectivity index (χ3v) is 8.90. The van der Waals surface area contributed by atoms with Crippen molar-refractivity contribution in [3.8, 4) is 23.1 Å². The summed E-state index contributed by atoms with van der Waals surface area (Å²) in [4.78, 5) is 21.5. The largest absolute Gasteiger partial charge is 0.493 e. The molecule has 1 aromatic heterocycles. The van der Waals surface area contributed by atoms with Crippen LogP contribution in [0.1, 0.15) is 22.3 Å². The Morgan fingerprint density at radius 3 is 2.24 bits per heavy atom. The minimum atomic E-state index is -0.274. The second kappa shape index (κ2) is 18.6. The summed E-state index contributed by atoms with van der Waals surface area (Å²) >= 11 is 12.7. The van der Waals surface area contributed by atoms with Crippen molar-refractivity contribution in [1.82, 2.24) is 14.8 Å². The fourth-order valence-corrected chi connectivity index (χ4v) is 5.81. The number of rotatable bonds is 13. The number of halogens is 4. The molecule has 264 valence electrons. The Labute approximate surface area is 313 Å². The van der Waals surface area contributed by atoms with Crippen molar-refractivity contribution in [2.75, 3.05) is 32.8 Å². The number of aromatic nitrogens is 1. The van der Waals surface area contributed by atoms with E-state index in [4.69, 9.17) is 37.4 Å². The third-order valence-electron chi connectivity index (χ3n) is 8.24. The van der Waals surface area contributed by atoms with E-state index in [2.05, 4.69) is 34.1 Å². The van der Waals surface area contributed by atoms with Crippen LogP contribution >= 0.6 is 35.6 Å². The third kappa shape index (κ3) is 11.2. The Morgan fingerprint density at radius 1 is 0.804 bits per heavy atom. The van der Waals surface area contributed by atoms with Crippen LogP contribution in [0.25, 0.3) is 6.08 Å². The molecule has 0 atom stereocenters. The predicted molar refractivity (Wildman–Crippen MR) is 202 cm³/mol. The Bertz CT molecular complexity index is 1900. The van der Waals surface area contributed by atoms with Crippen LogP contribution in [-0.2, 0) is 24.4 Å². The number of piperazine rings is 1. The molecule has 0 aliphatic carbocycles. The van der Waals surface area contributed by atoms with Crippen molar-refractivity contribution < 1.29 is 23.4 Å². The highest BCUT2D eigenvalue weighted by Gasteiger charge is 2.20. The van der Waals surface area contributed by atoms with Crippen LogP contribution in [-0.4, -0.2) is 53.5 Å². The first kappa shape index (κ1) is 37.7. The summed E-state index contributed by atoms with van der Waals surface area (Å²) in [6.45, 7) is 4.60. The van der Waals surface area contributed by atoms with Gasteiger partial charge in [-0.1, -0.05) is 71.7 Å². The van der Waals surface area contributed by atoms with Gasteiger partial charge in [0, 0.05) is 61.9 Å². The summed E-state index contributed by atoms with van der Waals surface area (Å²) in [5.74, 6) is 1.77. The summed E-state index contributed by atoms with van der Waals surface area (Å²) in [6, 6.07) is 30.9. The zero-order valence-electron chi connectivity index (χ0n) is 27.7. The van der Waals surface area contributed by atoms with Gasteiger partial charge in [-0.2, -0.15) is 0 Å². The van der Waals surface area contributed by atoms with Crippen molar-refractivity contribution in [3.63, 3.8) is 0 Å².